The molecule has 5 heteroatoms. The van der Waals surface area contributed by atoms with E-state index < -0.39 is 0 Å². The molecule has 4 nitrogen and oxygen atoms in total. The predicted molar refractivity (Wildman–Crippen MR) is 39.4 cm³/mol. The van der Waals surface area contributed by atoms with Crippen LogP contribution in [0.4, 0.5) is 0 Å². The van der Waals surface area contributed by atoms with E-state index in [2.05, 4.69) is 36.3 Å². The van der Waals surface area contributed by atoms with Crippen LogP contribution in [0.3, 0.4) is 0 Å². The van der Waals surface area contributed by atoms with Crippen LogP contribution >= 0.6 is 15.9 Å². The fourth-order valence-electron chi connectivity index (χ4n) is 0.740. The third-order valence-corrected chi connectivity index (χ3v) is 1.77. The van der Waals surface area contributed by atoms with E-state index in [1.165, 1.54) is 0 Å². The van der Waals surface area contributed by atoms with Crippen molar-refractivity contribution in [2.24, 2.45) is 0 Å². The van der Waals surface area contributed by atoms with Gasteiger partial charge in [-0.1, -0.05) is 5.21 Å². The van der Waals surface area contributed by atoms with E-state index in [0.717, 1.165) is 15.5 Å². The van der Waals surface area contributed by atoms with Crippen molar-refractivity contribution >= 4 is 27.0 Å². The van der Waals surface area contributed by atoms with Crippen LogP contribution in [0.1, 0.15) is 0 Å². The van der Waals surface area contributed by atoms with Crippen LogP contribution in [0, 0.1) is 0 Å². The van der Waals surface area contributed by atoms with Gasteiger partial charge in [-0.3, -0.25) is 10.1 Å². The van der Waals surface area contributed by atoms with E-state index >= 15 is 0 Å². The Morgan fingerprint density at radius 3 is 3.10 bits per heavy atom. The van der Waals surface area contributed by atoms with Gasteiger partial charge in [0.1, 0.15) is 11.0 Å². The fraction of sp³-hybridized carbons (Fsp3) is 0. The van der Waals surface area contributed by atoms with Crippen LogP contribution in [0.15, 0.2) is 16.9 Å². The minimum absolute atomic E-state index is 0.815. The second-order valence-corrected chi connectivity index (χ2v) is 2.68. The van der Waals surface area contributed by atoms with Gasteiger partial charge in [-0.15, -0.1) is 5.10 Å². The molecule has 50 valence electrons. The number of hydrogen-bond donors (Lipinski definition) is 1. The van der Waals surface area contributed by atoms with Gasteiger partial charge in [-0.25, -0.2) is 0 Å². The molecule has 2 rings (SSSR count). The van der Waals surface area contributed by atoms with Gasteiger partial charge >= 0.3 is 0 Å². The molecule has 0 spiro atoms. The first kappa shape index (κ1) is 5.79. The average Bonchev–Trinajstić information content (AvgIpc) is 2.36. The molecule has 0 radical (unpaired) electrons. The number of H-pyrrole nitrogens is 1. The van der Waals surface area contributed by atoms with Crippen LogP contribution in [0.25, 0.3) is 11.0 Å². The molecule has 10 heavy (non-hydrogen) atoms. The molecule has 0 saturated carbocycles. The Labute approximate surface area is 64.8 Å². The highest BCUT2D eigenvalue weighted by molar-refractivity contribution is 9.10. The standard InChI is InChI=1S/C5H3BrN4/c6-3-1-7-2-4-5(3)9-10-8-4/h1-2H,(H,8,9,10). The van der Waals surface area contributed by atoms with E-state index in [4.69, 9.17) is 0 Å². The predicted octanol–water partition coefficient (Wildman–Crippen LogP) is 1.12. The number of halogens is 1. The molecule has 2 heterocycles. The molecule has 0 aliphatic rings. The summed E-state index contributed by atoms with van der Waals surface area (Å²) in [6.45, 7) is 0. The lowest BCUT2D eigenvalue weighted by atomic mass is 10.4. The molecule has 2 aromatic heterocycles. The Hall–Kier alpha value is -0.970. The SMILES string of the molecule is Brc1cncc2[nH]nnc12. The number of pyridine rings is 1. The van der Waals surface area contributed by atoms with Crippen molar-refractivity contribution < 1.29 is 0 Å². The maximum atomic E-state index is 3.93. The Kier molecular flexibility index (Phi) is 1.17. The highest BCUT2D eigenvalue weighted by Gasteiger charge is 1.99. The van der Waals surface area contributed by atoms with E-state index in [-0.39, 0.29) is 0 Å². The number of fused-ring (bicyclic) bond motifs is 1. The lowest BCUT2D eigenvalue weighted by molar-refractivity contribution is 0.958. The number of nitrogens with zero attached hydrogens (tertiary/aromatic N) is 3. The summed E-state index contributed by atoms with van der Waals surface area (Å²) >= 11 is 3.29. The Morgan fingerprint density at radius 2 is 2.30 bits per heavy atom. The maximum Gasteiger partial charge on any atom is 0.130 e. The summed E-state index contributed by atoms with van der Waals surface area (Å²) in [7, 11) is 0. The van der Waals surface area contributed by atoms with Gasteiger partial charge in [0.15, 0.2) is 0 Å². The number of nitrogens with one attached hydrogen (secondary N) is 1. The molecule has 0 aromatic carbocycles. The monoisotopic (exact) mass is 198 g/mol. The zero-order valence-corrected chi connectivity index (χ0v) is 6.46. The van der Waals surface area contributed by atoms with Crippen molar-refractivity contribution in [3.05, 3.63) is 16.9 Å². The lowest BCUT2D eigenvalue weighted by Crippen LogP contribution is -1.74. The second-order valence-electron chi connectivity index (χ2n) is 1.83. The van der Waals surface area contributed by atoms with Crippen LogP contribution in [0.2, 0.25) is 0 Å². The second kappa shape index (κ2) is 2.02. The molecule has 0 amide bonds. The zero-order valence-electron chi connectivity index (χ0n) is 4.87. The zero-order chi connectivity index (χ0) is 6.97. The highest BCUT2D eigenvalue weighted by Crippen LogP contribution is 2.16. The molecule has 0 unspecified atom stereocenters. The fourth-order valence-corrected chi connectivity index (χ4v) is 1.15. The van der Waals surface area contributed by atoms with Crippen LogP contribution in [-0.2, 0) is 0 Å². The largest absolute Gasteiger partial charge is 0.261 e. The summed E-state index contributed by atoms with van der Waals surface area (Å²) in [5, 5.41) is 10.1. The van der Waals surface area contributed by atoms with Gasteiger partial charge in [0.05, 0.1) is 10.7 Å². The first-order valence-electron chi connectivity index (χ1n) is 2.68. The Balaban J connectivity index is 2.95. The Bertz CT molecular complexity index is 355. The summed E-state index contributed by atoms with van der Waals surface area (Å²) in [4.78, 5) is 3.93. The quantitative estimate of drug-likeness (QED) is 0.691. The molecule has 0 aliphatic heterocycles. The normalized spacial score (nSPS) is 10.5. The molecule has 1 N–H and O–H groups in total. The molecule has 2 aromatic rings. The van der Waals surface area contributed by atoms with E-state index in [1.807, 2.05) is 0 Å². The van der Waals surface area contributed by atoms with Crippen molar-refractivity contribution in [1.29, 1.82) is 0 Å². The van der Waals surface area contributed by atoms with Gasteiger partial charge in [0.2, 0.25) is 0 Å². The van der Waals surface area contributed by atoms with Gasteiger partial charge in [-0.2, -0.15) is 0 Å². The summed E-state index contributed by atoms with van der Waals surface area (Å²) in [6.07, 6.45) is 3.37. The lowest BCUT2D eigenvalue weighted by Gasteiger charge is -1.86. The van der Waals surface area contributed by atoms with Crippen LogP contribution < -0.4 is 0 Å². The molecular formula is C5H3BrN4. The Morgan fingerprint density at radius 1 is 1.40 bits per heavy atom. The molecule has 0 aliphatic carbocycles. The van der Waals surface area contributed by atoms with Crippen LogP contribution in [-0.4, -0.2) is 20.4 Å². The number of aromatic nitrogens is 4. The summed E-state index contributed by atoms with van der Waals surface area (Å²) < 4.78 is 0.860. The first-order valence-corrected chi connectivity index (χ1v) is 3.47. The molecule has 0 atom stereocenters. The van der Waals surface area contributed by atoms with E-state index in [0.29, 0.717) is 0 Å². The summed E-state index contributed by atoms with van der Waals surface area (Å²) in [5.74, 6) is 0. The number of aromatic amines is 1. The third kappa shape index (κ3) is 0.706. The van der Waals surface area contributed by atoms with Gasteiger partial charge in [-0.05, 0) is 15.9 Å². The first-order chi connectivity index (χ1) is 4.88. The minimum atomic E-state index is 0.815. The summed E-state index contributed by atoms with van der Waals surface area (Å²) in [5.41, 5.74) is 1.66. The summed E-state index contributed by atoms with van der Waals surface area (Å²) in [6, 6.07) is 0. The van der Waals surface area contributed by atoms with Crippen molar-refractivity contribution in [3.8, 4) is 0 Å². The minimum Gasteiger partial charge on any atom is -0.261 e. The van der Waals surface area contributed by atoms with Gasteiger partial charge < -0.3 is 0 Å². The van der Waals surface area contributed by atoms with E-state index in [9.17, 15) is 0 Å². The highest BCUT2D eigenvalue weighted by atomic mass is 79.9. The molecular weight excluding hydrogens is 196 g/mol. The van der Waals surface area contributed by atoms with Gasteiger partial charge in [0.25, 0.3) is 0 Å². The number of rotatable bonds is 0. The molecule has 0 fully saturated rings. The van der Waals surface area contributed by atoms with E-state index in [1.54, 1.807) is 12.4 Å². The van der Waals surface area contributed by atoms with Crippen molar-refractivity contribution in [2.45, 2.75) is 0 Å². The number of hydrogen-bond acceptors (Lipinski definition) is 3. The van der Waals surface area contributed by atoms with Crippen molar-refractivity contribution in [2.75, 3.05) is 0 Å². The molecule has 0 bridgehead atoms. The third-order valence-electron chi connectivity index (χ3n) is 1.19. The smallest absolute Gasteiger partial charge is 0.130 e. The maximum absolute atomic E-state index is 3.93. The molecule has 0 saturated heterocycles. The van der Waals surface area contributed by atoms with Crippen LogP contribution in [0.5, 0.6) is 0 Å². The van der Waals surface area contributed by atoms with Crippen molar-refractivity contribution in [3.63, 3.8) is 0 Å². The topological polar surface area (TPSA) is 54.5 Å². The van der Waals surface area contributed by atoms with Gasteiger partial charge in [0, 0.05) is 6.20 Å². The average molecular weight is 199 g/mol. The van der Waals surface area contributed by atoms with Crippen molar-refractivity contribution in [1.82, 2.24) is 20.4 Å².